The molecule has 0 bridgehead atoms. The highest BCUT2D eigenvalue weighted by molar-refractivity contribution is 5.95. The minimum Gasteiger partial charge on any atom is -0.488 e. The summed E-state index contributed by atoms with van der Waals surface area (Å²) in [6.07, 6.45) is 4.72. The summed E-state index contributed by atoms with van der Waals surface area (Å²) in [5.41, 5.74) is 3.16. The Labute approximate surface area is 151 Å². The Bertz CT molecular complexity index is 896. The minimum atomic E-state index is -0.496. The van der Waals surface area contributed by atoms with E-state index in [9.17, 15) is 4.79 Å². The molecule has 4 rings (SSSR count). The van der Waals surface area contributed by atoms with E-state index in [1.165, 1.54) is 0 Å². The maximum absolute atomic E-state index is 12.8. The molecule has 26 heavy (non-hydrogen) atoms. The molecule has 1 aromatic heterocycles. The van der Waals surface area contributed by atoms with E-state index in [1.54, 1.807) is 12.4 Å². The first-order valence-corrected chi connectivity index (χ1v) is 8.39. The number of hydrogen-bond donors (Lipinski definition) is 0. The van der Waals surface area contributed by atoms with Crippen LogP contribution < -0.4 is 4.74 Å². The predicted octanol–water partition coefficient (Wildman–Crippen LogP) is 4.19. The average molecular weight is 343 g/mol. The van der Waals surface area contributed by atoms with Crippen molar-refractivity contribution in [3.8, 4) is 5.75 Å². The Kier molecular flexibility index (Phi) is 4.48. The van der Waals surface area contributed by atoms with Crippen LogP contribution in [0.5, 0.6) is 5.75 Å². The maximum Gasteiger partial charge on any atom is 0.338 e. The third-order valence-electron chi connectivity index (χ3n) is 4.23. The quantitative estimate of drug-likeness (QED) is 0.667. The summed E-state index contributed by atoms with van der Waals surface area (Å²) >= 11 is 0. The highest BCUT2D eigenvalue weighted by Crippen LogP contribution is 2.30. The van der Waals surface area contributed by atoms with E-state index in [-0.39, 0.29) is 12.6 Å². The summed E-state index contributed by atoms with van der Waals surface area (Å²) in [4.78, 5) is 16.8. The fourth-order valence-electron chi connectivity index (χ4n) is 2.91. The molecule has 4 nitrogen and oxygen atoms in total. The molecule has 0 spiro atoms. The Morgan fingerprint density at radius 3 is 2.42 bits per heavy atom. The van der Waals surface area contributed by atoms with Gasteiger partial charge in [0.1, 0.15) is 12.4 Å². The summed E-state index contributed by atoms with van der Waals surface area (Å²) in [6, 6.07) is 21.0. The number of fused-ring (bicyclic) bond motifs is 1. The second-order valence-corrected chi connectivity index (χ2v) is 5.97. The topological polar surface area (TPSA) is 48.4 Å². The number of hydrogen-bond acceptors (Lipinski definition) is 4. The van der Waals surface area contributed by atoms with Gasteiger partial charge in [0.15, 0.2) is 6.10 Å². The van der Waals surface area contributed by atoms with Crippen LogP contribution in [-0.4, -0.2) is 17.6 Å². The van der Waals surface area contributed by atoms with Crippen molar-refractivity contribution in [3.05, 3.63) is 101 Å². The maximum atomic E-state index is 12.8. The number of carbonyl (C=O) groups is 1. The SMILES string of the molecule is O=C(OC(c1ccccc1)c1ccncc1)C1=Cc2ccccc2OC1. The molecule has 2 aromatic carbocycles. The van der Waals surface area contributed by atoms with Gasteiger partial charge in [0.2, 0.25) is 0 Å². The van der Waals surface area contributed by atoms with E-state index in [4.69, 9.17) is 9.47 Å². The lowest BCUT2D eigenvalue weighted by Crippen LogP contribution is -2.20. The van der Waals surface area contributed by atoms with Crippen molar-refractivity contribution >= 4 is 12.0 Å². The summed E-state index contributed by atoms with van der Waals surface area (Å²) in [7, 11) is 0. The monoisotopic (exact) mass is 343 g/mol. The largest absolute Gasteiger partial charge is 0.488 e. The van der Waals surface area contributed by atoms with Gasteiger partial charge < -0.3 is 9.47 Å². The van der Waals surface area contributed by atoms with E-state index in [2.05, 4.69) is 4.98 Å². The number of ether oxygens (including phenoxy) is 2. The Balaban J connectivity index is 1.62. The number of nitrogens with zero attached hydrogens (tertiary/aromatic N) is 1. The van der Waals surface area contributed by atoms with Crippen molar-refractivity contribution in [1.29, 1.82) is 0 Å². The Morgan fingerprint density at radius 1 is 0.923 bits per heavy atom. The molecule has 0 N–H and O–H groups in total. The molecule has 2 heterocycles. The Hall–Kier alpha value is -3.40. The van der Waals surface area contributed by atoms with Gasteiger partial charge in [0.25, 0.3) is 0 Å². The number of para-hydroxylation sites is 1. The second kappa shape index (κ2) is 7.23. The van der Waals surface area contributed by atoms with E-state index in [0.717, 1.165) is 22.4 Å². The van der Waals surface area contributed by atoms with Crippen LogP contribution in [0, 0.1) is 0 Å². The highest BCUT2D eigenvalue weighted by atomic mass is 16.5. The molecule has 0 aliphatic carbocycles. The van der Waals surface area contributed by atoms with Crippen LogP contribution in [0.4, 0.5) is 0 Å². The number of benzene rings is 2. The third kappa shape index (κ3) is 3.35. The number of aromatic nitrogens is 1. The van der Waals surface area contributed by atoms with Crippen LogP contribution in [0.25, 0.3) is 6.08 Å². The lowest BCUT2D eigenvalue weighted by molar-refractivity contribution is -0.143. The fourth-order valence-corrected chi connectivity index (χ4v) is 2.91. The first-order chi connectivity index (χ1) is 12.8. The molecular formula is C22H17NO3. The molecule has 4 heteroatoms. The van der Waals surface area contributed by atoms with E-state index >= 15 is 0 Å². The van der Waals surface area contributed by atoms with E-state index < -0.39 is 6.10 Å². The molecule has 1 aliphatic rings. The van der Waals surface area contributed by atoms with Crippen LogP contribution in [0.2, 0.25) is 0 Å². The predicted molar refractivity (Wildman–Crippen MR) is 98.5 cm³/mol. The van der Waals surface area contributed by atoms with Crippen LogP contribution in [0.15, 0.2) is 84.7 Å². The van der Waals surface area contributed by atoms with E-state index in [1.807, 2.05) is 72.8 Å². The van der Waals surface area contributed by atoms with Crippen molar-refractivity contribution in [2.75, 3.05) is 6.61 Å². The van der Waals surface area contributed by atoms with Crippen molar-refractivity contribution in [2.45, 2.75) is 6.10 Å². The zero-order valence-corrected chi connectivity index (χ0v) is 14.0. The molecule has 0 radical (unpaired) electrons. The normalized spacial score (nSPS) is 13.8. The summed E-state index contributed by atoms with van der Waals surface area (Å²) < 4.78 is 11.5. The van der Waals surface area contributed by atoms with Crippen molar-refractivity contribution in [2.24, 2.45) is 0 Å². The van der Waals surface area contributed by atoms with Gasteiger partial charge in [-0.1, -0.05) is 48.5 Å². The highest BCUT2D eigenvalue weighted by Gasteiger charge is 2.24. The first kappa shape index (κ1) is 16.1. The number of rotatable bonds is 4. The van der Waals surface area contributed by atoms with Crippen molar-refractivity contribution in [3.63, 3.8) is 0 Å². The van der Waals surface area contributed by atoms with Gasteiger partial charge in [-0.2, -0.15) is 0 Å². The van der Waals surface area contributed by atoms with Gasteiger partial charge in [0.05, 0.1) is 5.57 Å². The summed E-state index contributed by atoms with van der Waals surface area (Å²) in [5, 5.41) is 0. The number of esters is 1. The molecule has 1 aliphatic heterocycles. The lowest BCUT2D eigenvalue weighted by Gasteiger charge is -2.21. The van der Waals surface area contributed by atoms with Crippen LogP contribution in [0.3, 0.4) is 0 Å². The van der Waals surface area contributed by atoms with Gasteiger partial charge in [-0.05, 0) is 29.8 Å². The summed E-state index contributed by atoms with van der Waals surface area (Å²) in [5.74, 6) is 0.392. The van der Waals surface area contributed by atoms with Gasteiger partial charge in [-0.15, -0.1) is 0 Å². The van der Waals surface area contributed by atoms with Gasteiger partial charge >= 0.3 is 5.97 Å². The molecule has 3 aromatic rings. The minimum absolute atomic E-state index is 0.202. The smallest absolute Gasteiger partial charge is 0.338 e. The molecule has 0 saturated heterocycles. The van der Waals surface area contributed by atoms with Gasteiger partial charge in [0, 0.05) is 23.5 Å². The van der Waals surface area contributed by atoms with Crippen molar-refractivity contribution < 1.29 is 14.3 Å². The molecule has 0 saturated carbocycles. The summed E-state index contributed by atoms with van der Waals surface area (Å²) in [6.45, 7) is 0.202. The lowest BCUT2D eigenvalue weighted by atomic mass is 10.0. The molecule has 1 unspecified atom stereocenters. The Morgan fingerprint density at radius 2 is 1.62 bits per heavy atom. The molecular weight excluding hydrogens is 326 g/mol. The molecule has 0 amide bonds. The number of carbonyl (C=O) groups excluding carboxylic acids is 1. The van der Waals surface area contributed by atoms with E-state index in [0.29, 0.717) is 5.57 Å². The van der Waals surface area contributed by atoms with Gasteiger partial charge in [-0.25, -0.2) is 4.79 Å². The molecule has 128 valence electrons. The van der Waals surface area contributed by atoms with Crippen LogP contribution >= 0.6 is 0 Å². The first-order valence-electron chi connectivity index (χ1n) is 8.39. The van der Waals surface area contributed by atoms with Crippen molar-refractivity contribution in [1.82, 2.24) is 4.98 Å². The zero-order valence-electron chi connectivity index (χ0n) is 14.0. The molecule has 0 fully saturated rings. The zero-order chi connectivity index (χ0) is 17.8. The fraction of sp³-hybridized carbons (Fsp3) is 0.0909. The van der Waals surface area contributed by atoms with Crippen LogP contribution in [-0.2, 0) is 9.53 Å². The molecule has 1 atom stereocenters. The average Bonchev–Trinajstić information content (AvgIpc) is 2.72. The van der Waals surface area contributed by atoms with Gasteiger partial charge in [-0.3, -0.25) is 4.98 Å². The number of pyridine rings is 1. The second-order valence-electron chi connectivity index (χ2n) is 5.97. The van der Waals surface area contributed by atoms with Crippen LogP contribution in [0.1, 0.15) is 22.8 Å². The third-order valence-corrected chi connectivity index (χ3v) is 4.23. The standard InChI is InChI=1S/C22H17NO3/c24-22(19-14-18-8-4-5-9-20(18)25-15-19)26-21(16-6-2-1-3-7-16)17-10-12-23-13-11-17/h1-14,21H,15H2.